The molecule has 0 bridgehead atoms. The van der Waals surface area contributed by atoms with Gasteiger partial charge in [0.15, 0.2) is 0 Å². The van der Waals surface area contributed by atoms with E-state index in [1.165, 1.54) is 12.3 Å². The first-order chi connectivity index (χ1) is 9.90. The van der Waals surface area contributed by atoms with Crippen molar-refractivity contribution in [3.8, 4) is 0 Å². The zero-order valence-corrected chi connectivity index (χ0v) is 12.3. The zero-order chi connectivity index (χ0) is 15.6. The van der Waals surface area contributed by atoms with E-state index in [0.717, 1.165) is 12.8 Å². The highest BCUT2D eigenvalue weighted by Crippen LogP contribution is 2.38. The highest BCUT2D eigenvalue weighted by molar-refractivity contribution is 5.94. The van der Waals surface area contributed by atoms with Gasteiger partial charge in [-0.2, -0.15) is 0 Å². The summed E-state index contributed by atoms with van der Waals surface area (Å²) in [6.45, 7) is 3.77. The van der Waals surface area contributed by atoms with Gasteiger partial charge in [0.25, 0.3) is 11.6 Å². The summed E-state index contributed by atoms with van der Waals surface area (Å²) in [6.07, 6.45) is 4.43. The summed E-state index contributed by atoms with van der Waals surface area (Å²) >= 11 is 0. The Bertz CT molecular complexity index is 550. The van der Waals surface area contributed by atoms with Crippen LogP contribution in [0.25, 0.3) is 0 Å². The van der Waals surface area contributed by atoms with Crippen molar-refractivity contribution >= 4 is 11.6 Å². The molecule has 2 N–H and O–H groups in total. The molecule has 0 aromatic carbocycles. The maximum absolute atomic E-state index is 12.4. The van der Waals surface area contributed by atoms with E-state index < -0.39 is 10.5 Å². The third-order valence-corrected chi connectivity index (χ3v) is 4.08. The summed E-state index contributed by atoms with van der Waals surface area (Å²) in [5.41, 5.74) is -0.256. The molecule has 1 amide bonds. The molecule has 0 spiro atoms. The van der Waals surface area contributed by atoms with Crippen molar-refractivity contribution in [2.24, 2.45) is 0 Å². The van der Waals surface area contributed by atoms with Gasteiger partial charge in [-0.25, -0.2) is 0 Å². The van der Waals surface area contributed by atoms with Crippen molar-refractivity contribution in [3.63, 3.8) is 0 Å². The molecule has 1 heterocycles. The number of rotatable bonds is 7. The maximum Gasteiger partial charge on any atom is 0.287 e. The Labute approximate surface area is 123 Å². The minimum absolute atomic E-state index is 0.0194. The second-order valence-electron chi connectivity index (χ2n) is 5.82. The molecule has 1 fully saturated rings. The number of hydrogen-bond acceptors (Lipinski definition) is 4. The number of carbonyl (C=O) groups excluding carboxylic acids is 1. The SMILES string of the molecule is CCC(C)(CCO)NC(=O)c1cc([N+](=O)[O-])cn1C1CC1. The number of aliphatic hydroxyl groups is 1. The van der Waals surface area contributed by atoms with Gasteiger partial charge < -0.3 is 15.0 Å². The topological polar surface area (TPSA) is 97.4 Å². The molecule has 1 aliphatic carbocycles. The van der Waals surface area contributed by atoms with Crippen LogP contribution in [0.15, 0.2) is 12.3 Å². The van der Waals surface area contributed by atoms with Crippen LogP contribution < -0.4 is 5.32 Å². The van der Waals surface area contributed by atoms with Crippen LogP contribution in [0.2, 0.25) is 0 Å². The molecule has 21 heavy (non-hydrogen) atoms. The van der Waals surface area contributed by atoms with Crippen molar-refractivity contribution in [1.29, 1.82) is 0 Å². The molecule has 2 rings (SSSR count). The van der Waals surface area contributed by atoms with E-state index in [2.05, 4.69) is 5.32 Å². The highest BCUT2D eigenvalue weighted by Gasteiger charge is 2.32. The third kappa shape index (κ3) is 3.41. The van der Waals surface area contributed by atoms with Gasteiger partial charge in [0.2, 0.25) is 0 Å². The summed E-state index contributed by atoms with van der Waals surface area (Å²) in [6, 6.07) is 1.51. The first-order valence-electron chi connectivity index (χ1n) is 7.20. The summed E-state index contributed by atoms with van der Waals surface area (Å²) in [5, 5.41) is 22.9. The number of aliphatic hydroxyl groups excluding tert-OH is 1. The second kappa shape index (κ2) is 5.85. The Kier molecular flexibility index (Phi) is 4.32. The number of carbonyl (C=O) groups is 1. The summed E-state index contributed by atoms with van der Waals surface area (Å²) in [4.78, 5) is 22.9. The molecule has 7 heteroatoms. The van der Waals surface area contributed by atoms with Crippen LogP contribution in [0.1, 0.15) is 56.1 Å². The predicted molar refractivity (Wildman–Crippen MR) is 77.2 cm³/mol. The number of nitrogens with one attached hydrogen (secondary N) is 1. The van der Waals surface area contributed by atoms with Gasteiger partial charge >= 0.3 is 0 Å². The molecule has 0 aliphatic heterocycles. The molecule has 1 atom stereocenters. The minimum Gasteiger partial charge on any atom is -0.396 e. The molecule has 1 aliphatic rings. The van der Waals surface area contributed by atoms with Gasteiger partial charge in [0.05, 0.1) is 11.1 Å². The minimum atomic E-state index is -0.515. The van der Waals surface area contributed by atoms with E-state index in [9.17, 15) is 14.9 Å². The van der Waals surface area contributed by atoms with Gasteiger partial charge in [-0.05, 0) is 32.6 Å². The van der Waals surface area contributed by atoms with Crippen molar-refractivity contribution in [2.75, 3.05) is 6.61 Å². The fourth-order valence-electron chi connectivity index (χ4n) is 2.31. The van der Waals surface area contributed by atoms with Crippen molar-refractivity contribution in [1.82, 2.24) is 9.88 Å². The van der Waals surface area contributed by atoms with Crippen LogP contribution in [0.4, 0.5) is 5.69 Å². The lowest BCUT2D eigenvalue weighted by Crippen LogP contribution is -2.46. The first-order valence-corrected chi connectivity index (χ1v) is 7.20. The Morgan fingerprint density at radius 2 is 2.29 bits per heavy atom. The standard InChI is InChI=1S/C14H21N3O4/c1-3-14(2,6-7-18)15-13(19)12-8-11(17(20)21)9-16(12)10-4-5-10/h8-10,18H,3-7H2,1-2H3,(H,15,19). The molecule has 1 unspecified atom stereocenters. The van der Waals surface area contributed by atoms with Crippen LogP contribution in [0.5, 0.6) is 0 Å². The van der Waals surface area contributed by atoms with Crippen molar-refractivity contribution < 1.29 is 14.8 Å². The molecular weight excluding hydrogens is 274 g/mol. The van der Waals surface area contributed by atoms with E-state index in [1.54, 1.807) is 4.57 Å². The lowest BCUT2D eigenvalue weighted by Gasteiger charge is -2.29. The highest BCUT2D eigenvalue weighted by atomic mass is 16.6. The first kappa shape index (κ1) is 15.5. The van der Waals surface area contributed by atoms with E-state index >= 15 is 0 Å². The molecular formula is C14H21N3O4. The predicted octanol–water partition coefficient (Wildman–Crippen LogP) is 2.01. The number of nitrogens with zero attached hydrogens (tertiary/aromatic N) is 2. The average Bonchev–Trinajstić information content (AvgIpc) is 3.17. The molecule has 1 aromatic rings. The molecule has 7 nitrogen and oxygen atoms in total. The Morgan fingerprint density at radius 3 is 2.76 bits per heavy atom. The van der Waals surface area contributed by atoms with Crippen LogP contribution in [-0.2, 0) is 0 Å². The van der Waals surface area contributed by atoms with Crippen LogP contribution >= 0.6 is 0 Å². The Morgan fingerprint density at radius 1 is 1.62 bits per heavy atom. The molecule has 0 radical (unpaired) electrons. The number of aromatic nitrogens is 1. The maximum atomic E-state index is 12.4. The lowest BCUT2D eigenvalue weighted by molar-refractivity contribution is -0.384. The summed E-state index contributed by atoms with van der Waals surface area (Å²) < 4.78 is 1.70. The van der Waals surface area contributed by atoms with E-state index in [0.29, 0.717) is 18.5 Å². The number of nitro groups is 1. The van der Waals surface area contributed by atoms with Gasteiger partial charge in [-0.3, -0.25) is 14.9 Å². The van der Waals surface area contributed by atoms with Gasteiger partial charge in [0, 0.05) is 24.3 Å². The fraction of sp³-hybridized carbons (Fsp3) is 0.643. The van der Waals surface area contributed by atoms with Gasteiger partial charge in [-0.1, -0.05) is 6.92 Å². The molecule has 0 saturated heterocycles. The quantitative estimate of drug-likeness (QED) is 0.594. The van der Waals surface area contributed by atoms with Crippen molar-refractivity contribution in [3.05, 3.63) is 28.1 Å². The molecule has 1 saturated carbocycles. The zero-order valence-electron chi connectivity index (χ0n) is 12.3. The van der Waals surface area contributed by atoms with Crippen molar-refractivity contribution in [2.45, 2.75) is 51.1 Å². The second-order valence-corrected chi connectivity index (χ2v) is 5.82. The average molecular weight is 295 g/mol. The summed E-state index contributed by atoms with van der Waals surface area (Å²) in [7, 11) is 0. The van der Waals surface area contributed by atoms with Gasteiger partial charge in [-0.15, -0.1) is 0 Å². The van der Waals surface area contributed by atoms with Gasteiger partial charge in [0.1, 0.15) is 5.69 Å². The normalized spacial score (nSPS) is 17.3. The number of hydrogen-bond donors (Lipinski definition) is 2. The van der Waals surface area contributed by atoms with E-state index in [1.807, 2.05) is 13.8 Å². The third-order valence-electron chi connectivity index (χ3n) is 4.08. The Balaban J connectivity index is 2.24. The smallest absolute Gasteiger partial charge is 0.287 e. The molecule has 1 aromatic heterocycles. The van der Waals surface area contributed by atoms with Crippen LogP contribution in [0.3, 0.4) is 0 Å². The van der Waals surface area contributed by atoms with E-state index in [-0.39, 0.29) is 24.2 Å². The summed E-state index contributed by atoms with van der Waals surface area (Å²) in [5.74, 6) is -0.326. The molecule has 116 valence electrons. The monoisotopic (exact) mass is 295 g/mol. The largest absolute Gasteiger partial charge is 0.396 e. The number of amides is 1. The fourth-order valence-corrected chi connectivity index (χ4v) is 2.31. The Hall–Kier alpha value is -1.89. The van der Waals surface area contributed by atoms with Crippen LogP contribution in [0, 0.1) is 10.1 Å². The van der Waals surface area contributed by atoms with Crippen LogP contribution in [-0.4, -0.2) is 32.6 Å². The lowest BCUT2D eigenvalue weighted by atomic mass is 9.94. The van der Waals surface area contributed by atoms with E-state index in [4.69, 9.17) is 5.11 Å².